The first-order valence-corrected chi connectivity index (χ1v) is 9.52. The molecule has 1 aromatic carbocycles. The smallest absolute Gasteiger partial charge is 0.237 e. The molecule has 1 amide bonds. The number of rotatable bonds is 4. The van der Waals surface area contributed by atoms with Crippen LogP contribution in [0.1, 0.15) is 38.2 Å². The quantitative estimate of drug-likeness (QED) is 0.908. The van der Waals surface area contributed by atoms with Crippen molar-refractivity contribution >= 4 is 5.91 Å². The fraction of sp³-hybridized carbons (Fsp3) is 0.650. The van der Waals surface area contributed by atoms with E-state index in [2.05, 4.69) is 22.8 Å². The van der Waals surface area contributed by atoms with E-state index >= 15 is 0 Å². The van der Waals surface area contributed by atoms with Crippen molar-refractivity contribution < 1.29 is 14.6 Å². The van der Waals surface area contributed by atoms with Crippen LogP contribution in [0.3, 0.4) is 0 Å². The Labute approximate surface area is 149 Å². The number of carbonyl (C=O) groups is 1. The third-order valence-corrected chi connectivity index (χ3v) is 6.55. The SMILES string of the molecule is CC[C@@]1(CO)C[C@@H]2CC[C@H]1N2C(=O)CN1CCOc2ccccc2C1. The second-order valence-corrected chi connectivity index (χ2v) is 7.79. The molecule has 3 heterocycles. The molecule has 2 saturated heterocycles. The van der Waals surface area contributed by atoms with Gasteiger partial charge >= 0.3 is 0 Å². The minimum Gasteiger partial charge on any atom is -0.492 e. The maximum Gasteiger partial charge on any atom is 0.237 e. The van der Waals surface area contributed by atoms with Crippen molar-refractivity contribution in [1.29, 1.82) is 0 Å². The van der Waals surface area contributed by atoms with Crippen LogP contribution < -0.4 is 4.74 Å². The molecule has 3 aliphatic rings. The lowest BCUT2D eigenvalue weighted by atomic mass is 9.72. The molecule has 1 N–H and O–H groups in total. The molecule has 1 aromatic rings. The lowest BCUT2D eigenvalue weighted by Crippen LogP contribution is -2.46. The fourth-order valence-electron chi connectivity index (χ4n) is 5.12. The number of amides is 1. The molecule has 0 radical (unpaired) electrons. The maximum atomic E-state index is 13.1. The summed E-state index contributed by atoms with van der Waals surface area (Å²) in [6.45, 7) is 4.91. The number of ether oxygens (including phenoxy) is 1. The van der Waals surface area contributed by atoms with E-state index in [1.165, 1.54) is 0 Å². The van der Waals surface area contributed by atoms with Crippen LogP contribution in [0.15, 0.2) is 24.3 Å². The second-order valence-electron chi connectivity index (χ2n) is 7.79. The Morgan fingerprint density at radius 2 is 2.20 bits per heavy atom. The molecule has 0 spiro atoms. The highest BCUT2D eigenvalue weighted by molar-refractivity contribution is 5.80. The van der Waals surface area contributed by atoms with E-state index in [9.17, 15) is 9.90 Å². The Balaban J connectivity index is 1.46. The average molecular weight is 344 g/mol. The Kier molecular flexibility index (Phi) is 4.46. The normalized spacial score (nSPS) is 31.5. The maximum absolute atomic E-state index is 13.1. The van der Waals surface area contributed by atoms with Gasteiger partial charge in [0.2, 0.25) is 5.91 Å². The van der Waals surface area contributed by atoms with Gasteiger partial charge in [0.05, 0.1) is 13.2 Å². The summed E-state index contributed by atoms with van der Waals surface area (Å²) in [5.74, 6) is 1.15. The summed E-state index contributed by atoms with van der Waals surface area (Å²) in [6.07, 6.45) is 4.03. The van der Waals surface area contributed by atoms with E-state index in [0.29, 0.717) is 19.2 Å². The minimum atomic E-state index is -0.0763. The van der Waals surface area contributed by atoms with Crippen LogP contribution in [-0.4, -0.2) is 59.2 Å². The number of hydrogen-bond acceptors (Lipinski definition) is 4. The Hall–Kier alpha value is -1.59. The Morgan fingerprint density at radius 3 is 2.96 bits per heavy atom. The summed E-state index contributed by atoms with van der Waals surface area (Å²) >= 11 is 0. The minimum absolute atomic E-state index is 0.0763. The molecule has 0 aromatic heterocycles. The van der Waals surface area contributed by atoms with Gasteiger partial charge in [0.1, 0.15) is 12.4 Å². The molecule has 3 atom stereocenters. The van der Waals surface area contributed by atoms with E-state index < -0.39 is 0 Å². The molecule has 2 fully saturated rings. The van der Waals surface area contributed by atoms with Crippen LogP contribution in [0.2, 0.25) is 0 Å². The van der Waals surface area contributed by atoms with Crippen molar-refractivity contribution in [2.24, 2.45) is 5.41 Å². The lowest BCUT2D eigenvalue weighted by molar-refractivity contribution is -0.134. The van der Waals surface area contributed by atoms with Crippen LogP contribution in [0.4, 0.5) is 0 Å². The monoisotopic (exact) mass is 344 g/mol. The van der Waals surface area contributed by atoms with Gasteiger partial charge in [-0.2, -0.15) is 0 Å². The molecule has 5 nitrogen and oxygen atoms in total. The number of benzene rings is 1. The number of aliphatic hydroxyl groups excluding tert-OH is 1. The average Bonchev–Trinajstić information content (AvgIpc) is 3.11. The van der Waals surface area contributed by atoms with Crippen molar-refractivity contribution in [1.82, 2.24) is 9.80 Å². The van der Waals surface area contributed by atoms with Crippen molar-refractivity contribution in [2.45, 2.75) is 51.2 Å². The van der Waals surface area contributed by atoms with Crippen LogP contribution >= 0.6 is 0 Å². The summed E-state index contributed by atoms with van der Waals surface area (Å²) in [6, 6.07) is 8.62. The summed E-state index contributed by atoms with van der Waals surface area (Å²) in [4.78, 5) is 17.4. The Morgan fingerprint density at radius 1 is 1.36 bits per heavy atom. The molecular formula is C20H28N2O3. The molecule has 4 rings (SSSR count). The van der Waals surface area contributed by atoms with E-state index in [4.69, 9.17) is 4.74 Å². The van der Waals surface area contributed by atoms with Gasteiger partial charge in [-0.1, -0.05) is 25.1 Å². The van der Waals surface area contributed by atoms with Crippen LogP contribution in [0.25, 0.3) is 0 Å². The van der Waals surface area contributed by atoms with Gasteiger partial charge in [-0.15, -0.1) is 0 Å². The number of fused-ring (bicyclic) bond motifs is 3. The molecular weight excluding hydrogens is 316 g/mol. The molecule has 0 unspecified atom stereocenters. The largest absolute Gasteiger partial charge is 0.492 e. The number of nitrogens with zero attached hydrogens (tertiary/aromatic N) is 2. The second kappa shape index (κ2) is 6.61. The molecule has 0 aliphatic carbocycles. The summed E-state index contributed by atoms with van der Waals surface area (Å²) in [5, 5.41) is 9.94. The first kappa shape index (κ1) is 16.9. The number of carbonyl (C=O) groups excluding carboxylic acids is 1. The third kappa shape index (κ3) is 2.83. The molecule has 3 aliphatic heterocycles. The summed E-state index contributed by atoms with van der Waals surface area (Å²) in [5.41, 5.74) is 1.07. The number of hydrogen-bond donors (Lipinski definition) is 1. The number of aliphatic hydroxyl groups is 1. The van der Waals surface area contributed by atoms with Crippen molar-refractivity contribution in [3.05, 3.63) is 29.8 Å². The van der Waals surface area contributed by atoms with Gasteiger partial charge in [-0.3, -0.25) is 9.69 Å². The van der Waals surface area contributed by atoms with Crippen LogP contribution in [0.5, 0.6) is 5.75 Å². The third-order valence-electron chi connectivity index (χ3n) is 6.55. The van der Waals surface area contributed by atoms with Crippen LogP contribution in [0, 0.1) is 5.41 Å². The summed E-state index contributed by atoms with van der Waals surface area (Å²) in [7, 11) is 0. The van der Waals surface area contributed by atoms with Gasteiger partial charge in [0, 0.05) is 36.2 Å². The van der Waals surface area contributed by atoms with E-state index in [1.54, 1.807) is 0 Å². The lowest BCUT2D eigenvalue weighted by Gasteiger charge is -2.35. The van der Waals surface area contributed by atoms with E-state index in [0.717, 1.165) is 50.1 Å². The molecule has 136 valence electrons. The van der Waals surface area contributed by atoms with Gasteiger partial charge in [0.15, 0.2) is 0 Å². The predicted octanol–water partition coefficient (Wildman–Crippen LogP) is 2.03. The Bertz CT molecular complexity index is 644. The molecule has 0 saturated carbocycles. The summed E-state index contributed by atoms with van der Waals surface area (Å²) < 4.78 is 5.81. The van der Waals surface area contributed by atoms with E-state index in [-0.39, 0.29) is 24.0 Å². The van der Waals surface area contributed by atoms with Gasteiger partial charge in [-0.25, -0.2) is 0 Å². The topological polar surface area (TPSA) is 53.0 Å². The fourth-order valence-corrected chi connectivity index (χ4v) is 5.12. The van der Waals surface area contributed by atoms with Gasteiger partial charge in [0.25, 0.3) is 0 Å². The highest BCUT2D eigenvalue weighted by Gasteiger charge is 2.56. The van der Waals surface area contributed by atoms with Crippen molar-refractivity contribution in [3.63, 3.8) is 0 Å². The molecule has 5 heteroatoms. The molecule has 25 heavy (non-hydrogen) atoms. The zero-order valence-electron chi connectivity index (χ0n) is 15.0. The standard InChI is InChI=1S/C20H28N2O3/c1-2-20(14-23)11-16-7-8-18(20)22(16)19(24)13-21-9-10-25-17-6-4-3-5-15(17)12-21/h3-6,16,18,23H,2,7-14H2,1H3/t16-,18+,20-/m0/s1. The van der Waals surface area contributed by atoms with E-state index in [1.807, 2.05) is 18.2 Å². The first-order chi connectivity index (χ1) is 12.2. The number of para-hydroxylation sites is 1. The van der Waals surface area contributed by atoms with Gasteiger partial charge < -0.3 is 14.7 Å². The van der Waals surface area contributed by atoms with Crippen molar-refractivity contribution in [3.8, 4) is 5.75 Å². The zero-order valence-corrected chi connectivity index (χ0v) is 15.0. The van der Waals surface area contributed by atoms with Crippen molar-refractivity contribution in [2.75, 3.05) is 26.3 Å². The first-order valence-electron chi connectivity index (χ1n) is 9.52. The van der Waals surface area contributed by atoms with Gasteiger partial charge in [-0.05, 0) is 31.7 Å². The highest BCUT2D eigenvalue weighted by atomic mass is 16.5. The molecule has 2 bridgehead atoms. The predicted molar refractivity (Wildman–Crippen MR) is 95.3 cm³/mol. The zero-order chi connectivity index (χ0) is 17.4. The van der Waals surface area contributed by atoms with Crippen LogP contribution in [-0.2, 0) is 11.3 Å². The highest BCUT2D eigenvalue weighted by Crippen LogP contribution is 2.51.